The monoisotopic (exact) mass is 268 g/mol. The maximum absolute atomic E-state index is 11.5. The van der Waals surface area contributed by atoms with E-state index in [0.29, 0.717) is 5.92 Å². The standard InChI is InChI=1S/C13H16O4S/c1-18(16,17)11-4-2-3-10(7-11)12(8-13(14)15)9-5-6-9/h2-4,7,9,12H,5-6,8H2,1H3,(H,14,15). The molecule has 1 atom stereocenters. The first-order valence-corrected chi connectivity index (χ1v) is 7.79. The van der Waals surface area contributed by atoms with Gasteiger partial charge in [0.15, 0.2) is 9.84 Å². The van der Waals surface area contributed by atoms with Gasteiger partial charge in [0.2, 0.25) is 0 Å². The van der Waals surface area contributed by atoms with E-state index in [0.717, 1.165) is 24.7 Å². The van der Waals surface area contributed by atoms with Crippen molar-refractivity contribution >= 4 is 15.8 Å². The predicted molar refractivity (Wildman–Crippen MR) is 67.3 cm³/mol. The number of aliphatic carboxylic acids is 1. The molecule has 1 unspecified atom stereocenters. The summed E-state index contributed by atoms with van der Waals surface area (Å²) in [4.78, 5) is 11.1. The average Bonchev–Trinajstić information content (AvgIpc) is 3.08. The Bertz CT molecular complexity index is 558. The van der Waals surface area contributed by atoms with Gasteiger partial charge in [0, 0.05) is 6.26 Å². The van der Waals surface area contributed by atoms with Gasteiger partial charge in [0.25, 0.3) is 0 Å². The summed E-state index contributed by atoms with van der Waals surface area (Å²) in [6, 6.07) is 6.66. The van der Waals surface area contributed by atoms with Crippen molar-refractivity contribution in [3.8, 4) is 0 Å². The van der Waals surface area contributed by atoms with Crippen LogP contribution >= 0.6 is 0 Å². The minimum absolute atomic E-state index is 0.0656. The third-order valence-electron chi connectivity index (χ3n) is 3.30. The van der Waals surface area contributed by atoms with Gasteiger partial charge in [-0.05, 0) is 42.4 Å². The molecule has 1 aliphatic carbocycles. The Kier molecular flexibility index (Phi) is 3.43. The van der Waals surface area contributed by atoms with E-state index in [9.17, 15) is 13.2 Å². The zero-order chi connectivity index (χ0) is 13.3. The Balaban J connectivity index is 2.33. The van der Waals surface area contributed by atoms with E-state index in [1.165, 1.54) is 0 Å². The first-order chi connectivity index (χ1) is 8.38. The van der Waals surface area contributed by atoms with Crippen molar-refractivity contribution in [3.05, 3.63) is 29.8 Å². The van der Waals surface area contributed by atoms with Crippen molar-refractivity contribution in [1.29, 1.82) is 0 Å². The fourth-order valence-electron chi connectivity index (χ4n) is 2.22. The Morgan fingerprint density at radius 2 is 2.11 bits per heavy atom. The minimum atomic E-state index is -3.24. The van der Waals surface area contributed by atoms with Gasteiger partial charge in [-0.25, -0.2) is 8.42 Å². The number of rotatable bonds is 5. The molecule has 0 aliphatic heterocycles. The predicted octanol–water partition coefficient (Wildman–Crippen LogP) is 2.06. The molecular weight excluding hydrogens is 252 g/mol. The van der Waals surface area contributed by atoms with Crippen LogP contribution in [0.4, 0.5) is 0 Å². The van der Waals surface area contributed by atoms with Crippen LogP contribution in [0.3, 0.4) is 0 Å². The van der Waals surface area contributed by atoms with E-state index in [-0.39, 0.29) is 17.2 Å². The molecule has 0 saturated heterocycles. The Morgan fingerprint density at radius 3 is 2.61 bits per heavy atom. The smallest absolute Gasteiger partial charge is 0.303 e. The second-order valence-corrected chi connectivity index (χ2v) is 6.90. The van der Waals surface area contributed by atoms with Crippen molar-refractivity contribution < 1.29 is 18.3 Å². The van der Waals surface area contributed by atoms with Gasteiger partial charge in [-0.15, -0.1) is 0 Å². The van der Waals surface area contributed by atoms with Crippen molar-refractivity contribution in [1.82, 2.24) is 0 Å². The van der Waals surface area contributed by atoms with Crippen molar-refractivity contribution in [2.75, 3.05) is 6.26 Å². The number of sulfone groups is 1. The first kappa shape index (κ1) is 13.1. The summed E-state index contributed by atoms with van der Waals surface area (Å²) in [5.74, 6) is -0.517. The van der Waals surface area contributed by atoms with Gasteiger partial charge >= 0.3 is 5.97 Å². The molecule has 1 aromatic rings. The number of carboxylic acid groups (broad SMARTS) is 1. The van der Waals surface area contributed by atoms with E-state index in [1.54, 1.807) is 18.2 Å². The summed E-state index contributed by atoms with van der Waals surface area (Å²) in [6.45, 7) is 0. The van der Waals surface area contributed by atoms with E-state index in [4.69, 9.17) is 5.11 Å². The van der Waals surface area contributed by atoms with Crippen molar-refractivity contribution in [2.24, 2.45) is 5.92 Å². The summed E-state index contributed by atoms with van der Waals surface area (Å²) in [5.41, 5.74) is 0.822. The van der Waals surface area contributed by atoms with Crippen LogP contribution in [0.25, 0.3) is 0 Å². The van der Waals surface area contributed by atoms with Crippen LogP contribution in [-0.2, 0) is 14.6 Å². The van der Waals surface area contributed by atoms with E-state index in [2.05, 4.69) is 0 Å². The van der Waals surface area contributed by atoms with E-state index in [1.807, 2.05) is 6.07 Å². The molecule has 0 aromatic heterocycles. The Hall–Kier alpha value is -1.36. The van der Waals surface area contributed by atoms with Crippen molar-refractivity contribution in [3.63, 3.8) is 0 Å². The normalized spacial score (nSPS) is 17.4. The third kappa shape index (κ3) is 3.10. The zero-order valence-corrected chi connectivity index (χ0v) is 11.0. The summed E-state index contributed by atoms with van der Waals surface area (Å²) in [5, 5.41) is 8.93. The van der Waals surface area contributed by atoms with Gasteiger partial charge in [-0.2, -0.15) is 0 Å². The van der Waals surface area contributed by atoms with Gasteiger partial charge in [-0.1, -0.05) is 12.1 Å². The van der Waals surface area contributed by atoms with Crippen LogP contribution in [-0.4, -0.2) is 25.7 Å². The highest BCUT2D eigenvalue weighted by Crippen LogP contribution is 2.44. The highest BCUT2D eigenvalue weighted by molar-refractivity contribution is 7.90. The molecule has 1 aromatic carbocycles. The number of hydrogen-bond donors (Lipinski definition) is 1. The molecule has 0 spiro atoms. The fourth-order valence-corrected chi connectivity index (χ4v) is 2.90. The second kappa shape index (κ2) is 4.72. The molecule has 0 amide bonds. The topological polar surface area (TPSA) is 71.4 Å². The lowest BCUT2D eigenvalue weighted by Crippen LogP contribution is -2.09. The molecular formula is C13H16O4S. The van der Waals surface area contributed by atoms with Crippen LogP contribution in [0, 0.1) is 5.92 Å². The van der Waals surface area contributed by atoms with Crippen LogP contribution in [0.1, 0.15) is 30.7 Å². The molecule has 1 aliphatic rings. The van der Waals surface area contributed by atoms with Crippen molar-refractivity contribution in [2.45, 2.75) is 30.1 Å². The molecule has 1 N–H and O–H groups in total. The molecule has 0 bridgehead atoms. The SMILES string of the molecule is CS(=O)(=O)c1cccc(C(CC(=O)O)C2CC2)c1. The lowest BCUT2D eigenvalue weighted by Gasteiger charge is -2.15. The number of carbonyl (C=O) groups is 1. The molecule has 4 nitrogen and oxygen atoms in total. The molecule has 1 fully saturated rings. The Labute approximate surface area is 107 Å². The fraction of sp³-hybridized carbons (Fsp3) is 0.462. The quantitative estimate of drug-likeness (QED) is 0.887. The molecule has 18 heavy (non-hydrogen) atoms. The minimum Gasteiger partial charge on any atom is -0.481 e. The summed E-state index contributed by atoms with van der Waals surface area (Å²) >= 11 is 0. The number of carboxylic acids is 1. The molecule has 1 saturated carbocycles. The lowest BCUT2D eigenvalue weighted by atomic mass is 9.91. The lowest BCUT2D eigenvalue weighted by molar-refractivity contribution is -0.137. The summed E-state index contributed by atoms with van der Waals surface area (Å²) in [7, 11) is -3.24. The molecule has 0 radical (unpaired) electrons. The largest absolute Gasteiger partial charge is 0.481 e. The van der Waals surface area contributed by atoms with Crippen LogP contribution in [0.5, 0.6) is 0 Å². The highest BCUT2D eigenvalue weighted by Gasteiger charge is 2.33. The maximum atomic E-state index is 11.5. The van der Waals surface area contributed by atoms with E-state index >= 15 is 0 Å². The van der Waals surface area contributed by atoms with Gasteiger partial charge < -0.3 is 5.11 Å². The summed E-state index contributed by atoms with van der Waals surface area (Å²) in [6.07, 6.45) is 3.29. The zero-order valence-electron chi connectivity index (χ0n) is 10.2. The second-order valence-electron chi connectivity index (χ2n) is 4.89. The Morgan fingerprint density at radius 1 is 1.44 bits per heavy atom. The van der Waals surface area contributed by atoms with Crippen LogP contribution in [0.15, 0.2) is 29.2 Å². The molecule has 2 rings (SSSR count). The average molecular weight is 268 g/mol. The van der Waals surface area contributed by atoms with Gasteiger partial charge in [0.1, 0.15) is 0 Å². The molecule has 98 valence electrons. The maximum Gasteiger partial charge on any atom is 0.303 e. The third-order valence-corrected chi connectivity index (χ3v) is 4.41. The first-order valence-electron chi connectivity index (χ1n) is 5.90. The van der Waals surface area contributed by atoms with Gasteiger partial charge in [0.05, 0.1) is 11.3 Å². The van der Waals surface area contributed by atoms with Crippen LogP contribution < -0.4 is 0 Å². The number of hydrogen-bond acceptors (Lipinski definition) is 3. The van der Waals surface area contributed by atoms with E-state index < -0.39 is 15.8 Å². The molecule has 5 heteroatoms. The summed E-state index contributed by atoms with van der Waals surface area (Å²) < 4.78 is 23.0. The highest BCUT2D eigenvalue weighted by atomic mass is 32.2. The number of benzene rings is 1. The van der Waals surface area contributed by atoms with Crippen LogP contribution in [0.2, 0.25) is 0 Å². The van der Waals surface area contributed by atoms with Gasteiger partial charge in [-0.3, -0.25) is 4.79 Å². The molecule has 0 heterocycles.